The van der Waals surface area contributed by atoms with Gasteiger partial charge in [-0.2, -0.15) is 0 Å². The van der Waals surface area contributed by atoms with Gasteiger partial charge in [-0.25, -0.2) is 0 Å². The molecule has 2 aromatic heterocycles. The molecule has 0 amide bonds. The van der Waals surface area contributed by atoms with Crippen molar-refractivity contribution in [3.05, 3.63) is 174 Å². The quantitative estimate of drug-likeness (QED) is 0.165. The number of fused-ring (bicyclic) bond motifs is 11. The molecule has 2 aliphatic heterocycles. The van der Waals surface area contributed by atoms with Gasteiger partial charge in [0.2, 0.25) is 0 Å². The van der Waals surface area contributed by atoms with E-state index < -0.39 is 0 Å². The molecule has 0 atom stereocenters. The van der Waals surface area contributed by atoms with Crippen molar-refractivity contribution >= 4 is 99.7 Å². The second-order valence-electron chi connectivity index (χ2n) is 21.4. The molecule has 8 aromatic carbocycles. The molecule has 3 nitrogen and oxygen atoms in total. The van der Waals surface area contributed by atoms with Crippen LogP contribution < -0.4 is 20.6 Å². The zero-order valence-corrected chi connectivity index (χ0v) is 39.6. The third-order valence-electron chi connectivity index (χ3n) is 14.1. The topological polar surface area (TPSA) is 19.6 Å². The monoisotopic (exact) mass is 860 g/mol. The summed E-state index contributed by atoms with van der Waals surface area (Å²) in [5.41, 5.74) is 18.9. The van der Waals surface area contributed by atoms with Gasteiger partial charge in [-0.3, -0.25) is 0 Å². The van der Waals surface area contributed by atoms with E-state index in [-0.39, 0.29) is 23.1 Å². The predicted molar refractivity (Wildman–Crippen MR) is 282 cm³/mol. The van der Waals surface area contributed by atoms with Gasteiger partial charge in [-0.1, -0.05) is 159 Å². The standard InChI is InChI=1S/C60H53BN2OS/c1-58(2,3)37-23-27-40(28-24-37)63-49-30-26-39(60(7,8)9)32-46(49)55-56-51(34-45-41-19-13-15-21-52(41)64-57(45)55)62(48-29-25-38(59(4,5)6)31-43(48)36-17-11-10-12-18-36)50-35-54-44(33-47(50)61(56)63)42-20-14-16-22-53(42)65-54/h10-35H,1-9H3. The van der Waals surface area contributed by atoms with E-state index >= 15 is 0 Å². The van der Waals surface area contributed by atoms with Gasteiger partial charge in [0, 0.05) is 70.4 Å². The molecule has 0 unspecified atom stereocenters. The van der Waals surface area contributed by atoms with Gasteiger partial charge in [-0.05, 0) is 110 Å². The number of para-hydroxylation sites is 1. The van der Waals surface area contributed by atoms with Gasteiger partial charge in [0.1, 0.15) is 11.2 Å². The lowest BCUT2D eigenvalue weighted by molar-refractivity contribution is 0.590. The van der Waals surface area contributed by atoms with E-state index in [9.17, 15) is 0 Å². The Bertz CT molecular complexity index is 3560. The van der Waals surface area contributed by atoms with E-state index in [1.54, 1.807) is 0 Å². The molecule has 0 radical (unpaired) electrons. The zero-order chi connectivity index (χ0) is 44.7. The number of benzene rings is 8. The smallest absolute Gasteiger partial charge is 0.333 e. The summed E-state index contributed by atoms with van der Waals surface area (Å²) in [6, 6.07) is 59.8. The second kappa shape index (κ2) is 14.0. The second-order valence-corrected chi connectivity index (χ2v) is 22.5. The molecule has 65 heavy (non-hydrogen) atoms. The number of hydrogen-bond acceptors (Lipinski definition) is 4. The Kier molecular flexibility index (Phi) is 8.60. The van der Waals surface area contributed by atoms with Crippen LogP contribution in [-0.2, 0) is 16.2 Å². The molecule has 0 N–H and O–H groups in total. The Labute approximate surface area is 387 Å². The summed E-state index contributed by atoms with van der Waals surface area (Å²) in [5.74, 6) is 0. The van der Waals surface area contributed by atoms with E-state index in [4.69, 9.17) is 4.42 Å². The first kappa shape index (κ1) is 40.0. The number of furan rings is 1. The van der Waals surface area contributed by atoms with Gasteiger partial charge in [0.25, 0.3) is 0 Å². The molecule has 12 rings (SSSR count). The summed E-state index contributed by atoms with van der Waals surface area (Å²) >= 11 is 1.89. The summed E-state index contributed by atoms with van der Waals surface area (Å²) in [6.45, 7) is 20.6. The van der Waals surface area contributed by atoms with Crippen molar-refractivity contribution in [2.24, 2.45) is 0 Å². The molecule has 10 aromatic rings. The van der Waals surface area contributed by atoms with E-state index in [0.29, 0.717) is 0 Å². The van der Waals surface area contributed by atoms with E-state index in [2.05, 4.69) is 230 Å². The molecule has 0 bridgehead atoms. The molecule has 0 fully saturated rings. The predicted octanol–water partition coefficient (Wildman–Crippen LogP) is 16.2. The fraction of sp³-hybridized carbons (Fsp3) is 0.200. The highest BCUT2D eigenvalue weighted by Crippen LogP contribution is 2.53. The van der Waals surface area contributed by atoms with Crippen LogP contribution >= 0.6 is 11.3 Å². The first-order valence-corrected chi connectivity index (χ1v) is 23.9. The summed E-state index contributed by atoms with van der Waals surface area (Å²) in [5, 5.41) is 4.85. The average molecular weight is 861 g/mol. The highest BCUT2D eigenvalue weighted by molar-refractivity contribution is 7.26. The molecular formula is C60H53BN2OS. The molecule has 0 saturated carbocycles. The number of thiophene rings is 1. The maximum absolute atomic E-state index is 7.15. The average Bonchev–Trinajstić information content (AvgIpc) is 3.85. The van der Waals surface area contributed by atoms with Crippen molar-refractivity contribution in [1.82, 2.24) is 0 Å². The lowest BCUT2D eigenvalue weighted by Gasteiger charge is -2.46. The van der Waals surface area contributed by atoms with Gasteiger partial charge in [0.05, 0.1) is 5.69 Å². The third-order valence-corrected chi connectivity index (χ3v) is 15.2. The Morgan fingerprint density at radius 2 is 1.08 bits per heavy atom. The maximum Gasteiger partial charge on any atom is 0.333 e. The number of anilines is 5. The van der Waals surface area contributed by atoms with Crippen molar-refractivity contribution in [3.8, 4) is 22.3 Å². The van der Waals surface area contributed by atoms with Gasteiger partial charge in [0.15, 0.2) is 0 Å². The summed E-state index contributed by atoms with van der Waals surface area (Å²) in [6.07, 6.45) is 0. The first-order valence-electron chi connectivity index (χ1n) is 23.1. The first-order chi connectivity index (χ1) is 31.1. The number of rotatable bonds is 3. The summed E-state index contributed by atoms with van der Waals surface area (Å²) in [7, 11) is 0. The van der Waals surface area contributed by atoms with Crippen LogP contribution in [0.15, 0.2) is 162 Å². The van der Waals surface area contributed by atoms with E-state index in [0.717, 1.165) is 27.6 Å². The van der Waals surface area contributed by atoms with Crippen LogP contribution in [0.1, 0.15) is 79.0 Å². The minimum Gasteiger partial charge on any atom is -0.455 e. The van der Waals surface area contributed by atoms with E-state index in [1.807, 2.05) is 11.3 Å². The maximum atomic E-state index is 7.15. The molecular weight excluding hydrogens is 808 g/mol. The number of nitrogens with zero attached hydrogens (tertiary/aromatic N) is 2. The lowest BCUT2D eigenvalue weighted by Crippen LogP contribution is -2.61. The van der Waals surface area contributed by atoms with Crippen LogP contribution in [0.3, 0.4) is 0 Å². The van der Waals surface area contributed by atoms with Crippen LogP contribution in [0.5, 0.6) is 0 Å². The Balaban J connectivity index is 1.28. The Morgan fingerprint density at radius 3 is 1.78 bits per heavy atom. The zero-order valence-electron chi connectivity index (χ0n) is 38.8. The van der Waals surface area contributed by atoms with Gasteiger partial charge in [-0.15, -0.1) is 11.3 Å². The van der Waals surface area contributed by atoms with E-state index in [1.165, 1.54) is 92.8 Å². The van der Waals surface area contributed by atoms with Crippen LogP contribution in [0.25, 0.3) is 64.4 Å². The van der Waals surface area contributed by atoms with Crippen LogP contribution in [0.2, 0.25) is 0 Å². The van der Waals surface area contributed by atoms with Crippen LogP contribution in [-0.4, -0.2) is 6.85 Å². The largest absolute Gasteiger partial charge is 0.455 e. The summed E-state index contributed by atoms with van der Waals surface area (Å²) < 4.78 is 9.74. The minimum atomic E-state index is -0.172. The Hall–Kier alpha value is -6.56. The molecule has 2 aliphatic rings. The molecule has 0 saturated heterocycles. The summed E-state index contributed by atoms with van der Waals surface area (Å²) in [4.78, 5) is 5.26. The van der Waals surface area contributed by atoms with Crippen molar-refractivity contribution in [3.63, 3.8) is 0 Å². The van der Waals surface area contributed by atoms with Crippen molar-refractivity contribution in [2.75, 3.05) is 9.71 Å². The van der Waals surface area contributed by atoms with Crippen LogP contribution in [0.4, 0.5) is 28.4 Å². The van der Waals surface area contributed by atoms with Gasteiger partial charge >= 0.3 is 6.85 Å². The van der Waals surface area contributed by atoms with Crippen molar-refractivity contribution < 1.29 is 4.42 Å². The normalized spacial score (nSPS) is 13.8. The molecule has 318 valence electrons. The molecule has 4 heterocycles. The SMILES string of the molecule is CC(C)(C)c1ccc(N2B3c4cc5c(cc4N(c4ccc(C(C)(C)C)cc4-c4ccccc4)c4cc6c(oc7ccccc76)c(c43)-c3cc(C(C)(C)C)ccc32)sc2ccccc25)cc1. The van der Waals surface area contributed by atoms with Crippen molar-refractivity contribution in [2.45, 2.75) is 78.6 Å². The highest BCUT2D eigenvalue weighted by atomic mass is 32.1. The highest BCUT2D eigenvalue weighted by Gasteiger charge is 2.47. The molecule has 0 aliphatic carbocycles. The van der Waals surface area contributed by atoms with Crippen molar-refractivity contribution in [1.29, 1.82) is 0 Å². The molecule has 0 spiro atoms. The fourth-order valence-corrected chi connectivity index (χ4v) is 11.7. The Morgan fingerprint density at radius 1 is 0.462 bits per heavy atom. The number of hydrogen-bond donors (Lipinski definition) is 0. The molecule has 5 heteroatoms. The van der Waals surface area contributed by atoms with Crippen LogP contribution in [0, 0.1) is 0 Å². The third kappa shape index (κ3) is 6.15. The minimum absolute atomic E-state index is 0.0230. The lowest BCUT2D eigenvalue weighted by atomic mass is 9.43. The van der Waals surface area contributed by atoms with Gasteiger partial charge < -0.3 is 14.1 Å². The fourth-order valence-electron chi connectivity index (χ4n) is 10.6.